The topological polar surface area (TPSA) is 73.3 Å². The summed E-state index contributed by atoms with van der Waals surface area (Å²) in [6.07, 6.45) is 0. The van der Waals surface area contributed by atoms with E-state index in [2.05, 4.69) is 9.55 Å². The predicted octanol–water partition coefficient (Wildman–Crippen LogP) is 3.02. The number of hydrogen-bond donors (Lipinski definition) is 2. The van der Waals surface area contributed by atoms with Gasteiger partial charge in [-0.3, -0.25) is 0 Å². The number of anilines is 1. The van der Waals surface area contributed by atoms with Crippen molar-refractivity contribution in [2.75, 3.05) is 12.8 Å². The molecule has 0 atom stereocenters. The van der Waals surface area contributed by atoms with E-state index in [0.29, 0.717) is 11.3 Å². The number of methoxy groups -OCH3 is 1. The number of ether oxygens (including phenoxy) is 1. The van der Waals surface area contributed by atoms with Gasteiger partial charge < -0.3 is 20.1 Å². The fourth-order valence-electron chi connectivity index (χ4n) is 2.50. The Bertz CT molecular complexity index is 809. The van der Waals surface area contributed by atoms with Gasteiger partial charge >= 0.3 is 0 Å². The first-order valence-electron chi connectivity index (χ1n) is 6.77. The molecule has 3 aromatic rings. The molecule has 1 heterocycles. The van der Waals surface area contributed by atoms with Gasteiger partial charge in [-0.15, -0.1) is 0 Å². The van der Waals surface area contributed by atoms with Crippen LogP contribution in [0.25, 0.3) is 22.4 Å². The highest BCUT2D eigenvalue weighted by molar-refractivity contribution is 5.83. The molecule has 0 spiro atoms. The molecule has 0 radical (unpaired) electrons. The van der Waals surface area contributed by atoms with Gasteiger partial charge in [0.25, 0.3) is 0 Å². The molecule has 5 heteroatoms. The maximum Gasteiger partial charge on any atom is 0.144 e. The van der Waals surface area contributed by atoms with Gasteiger partial charge in [-0.1, -0.05) is 0 Å². The van der Waals surface area contributed by atoms with E-state index in [-0.39, 0.29) is 5.75 Å². The first-order valence-corrected chi connectivity index (χ1v) is 6.77. The van der Waals surface area contributed by atoms with Crippen molar-refractivity contribution in [2.45, 2.75) is 13.5 Å². The quantitative estimate of drug-likeness (QED) is 0.725. The Balaban J connectivity index is 2.26. The lowest BCUT2D eigenvalue weighted by Crippen LogP contribution is -1.98. The number of fused-ring (bicyclic) bond motifs is 1. The van der Waals surface area contributed by atoms with Gasteiger partial charge in [0, 0.05) is 24.4 Å². The van der Waals surface area contributed by atoms with Gasteiger partial charge in [0.2, 0.25) is 0 Å². The molecule has 108 valence electrons. The molecule has 0 aliphatic rings. The third-order valence-electron chi connectivity index (χ3n) is 3.53. The second-order valence-electron chi connectivity index (χ2n) is 4.81. The number of benzene rings is 2. The van der Waals surface area contributed by atoms with E-state index < -0.39 is 0 Å². The molecule has 1 aromatic heterocycles. The smallest absolute Gasteiger partial charge is 0.144 e. The molecule has 0 unspecified atom stereocenters. The highest BCUT2D eigenvalue weighted by Crippen LogP contribution is 2.33. The number of hydrogen-bond acceptors (Lipinski definition) is 4. The van der Waals surface area contributed by atoms with Gasteiger partial charge in [-0.25, -0.2) is 4.98 Å². The molecule has 0 fully saturated rings. The van der Waals surface area contributed by atoms with Crippen LogP contribution in [0.5, 0.6) is 11.5 Å². The summed E-state index contributed by atoms with van der Waals surface area (Å²) in [5, 5.41) is 10.1. The van der Waals surface area contributed by atoms with Crippen LogP contribution in [0.15, 0.2) is 36.4 Å². The Labute approximate surface area is 122 Å². The van der Waals surface area contributed by atoms with Crippen molar-refractivity contribution in [2.24, 2.45) is 0 Å². The van der Waals surface area contributed by atoms with E-state index in [1.165, 1.54) is 6.07 Å². The van der Waals surface area contributed by atoms with Gasteiger partial charge in [0.1, 0.15) is 17.3 Å². The Kier molecular flexibility index (Phi) is 3.17. The summed E-state index contributed by atoms with van der Waals surface area (Å²) in [7, 11) is 1.63. The van der Waals surface area contributed by atoms with E-state index in [1.54, 1.807) is 19.2 Å². The van der Waals surface area contributed by atoms with Crippen LogP contribution in [0.2, 0.25) is 0 Å². The summed E-state index contributed by atoms with van der Waals surface area (Å²) < 4.78 is 7.29. The van der Waals surface area contributed by atoms with Crippen LogP contribution >= 0.6 is 0 Å². The largest absolute Gasteiger partial charge is 0.507 e. The van der Waals surface area contributed by atoms with Crippen LogP contribution in [0.1, 0.15) is 6.92 Å². The van der Waals surface area contributed by atoms with Crippen LogP contribution in [-0.2, 0) is 6.54 Å². The fourth-order valence-corrected chi connectivity index (χ4v) is 2.50. The lowest BCUT2D eigenvalue weighted by atomic mass is 10.1. The molecule has 5 nitrogen and oxygen atoms in total. The summed E-state index contributed by atoms with van der Waals surface area (Å²) in [6, 6.07) is 10.9. The van der Waals surface area contributed by atoms with Crippen molar-refractivity contribution in [1.29, 1.82) is 0 Å². The summed E-state index contributed by atoms with van der Waals surface area (Å²) >= 11 is 0. The van der Waals surface area contributed by atoms with Crippen molar-refractivity contribution in [3.63, 3.8) is 0 Å². The monoisotopic (exact) mass is 283 g/mol. The number of nitrogens with two attached hydrogens (primary N) is 1. The SMILES string of the molecule is CCn1c(-c2ccc(N)cc2O)nc2cc(OC)ccc21. The minimum atomic E-state index is 0.131. The Morgan fingerprint density at radius 2 is 2.05 bits per heavy atom. The minimum Gasteiger partial charge on any atom is -0.507 e. The Morgan fingerprint density at radius 3 is 2.71 bits per heavy atom. The molecule has 3 N–H and O–H groups in total. The predicted molar refractivity (Wildman–Crippen MR) is 83.5 cm³/mol. The van der Waals surface area contributed by atoms with Crippen molar-refractivity contribution in [3.8, 4) is 22.9 Å². The molecule has 0 aliphatic heterocycles. The van der Waals surface area contributed by atoms with E-state index in [0.717, 1.165) is 29.2 Å². The van der Waals surface area contributed by atoms with E-state index in [1.807, 2.05) is 25.1 Å². The van der Waals surface area contributed by atoms with E-state index >= 15 is 0 Å². The number of phenols is 1. The summed E-state index contributed by atoms with van der Waals surface area (Å²) in [4.78, 5) is 4.64. The fraction of sp³-hybridized carbons (Fsp3) is 0.188. The van der Waals surface area contributed by atoms with Gasteiger partial charge in [-0.05, 0) is 31.2 Å². The first-order chi connectivity index (χ1) is 10.1. The molecule has 0 saturated heterocycles. The highest BCUT2D eigenvalue weighted by atomic mass is 16.5. The highest BCUT2D eigenvalue weighted by Gasteiger charge is 2.15. The molecule has 0 saturated carbocycles. The molecule has 0 amide bonds. The van der Waals surface area contributed by atoms with Crippen molar-refractivity contribution >= 4 is 16.7 Å². The van der Waals surface area contributed by atoms with Crippen molar-refractivity contribution in [1.82, 2.24) is 9.55 Å². The van der Waals surface area contributed by atoms with Gasteiger partial charge in [0.05, 0.1) is 23.7 Å². The number of nitrogen functional groups attached to an aromatic ring is 1. The van der Waals surface area contributed by atoms with E-state index in [9.17, 15) is 5.11 Å². The number of nitrogens with zero attached hydrogens (tertiary/aromatic N) is 2. The second-order valence-corrected chi connectivity index (χ2v) is 4.81. The van der Waals surface area contributed by atoms with Crippen LogP contribution in [-0.4, -0.2) is 21.8 Å². The van der Waals surface area contributed by atoms with Crippen LogP contribution in [0.4, 0.5) is 5.69 Å². The van der Waals surface area contributed by atoms with Crippen molar-refractivity contribution in [3.05, 3.63) is 36.4 Å². The lowest BCUT2D eigenvalue weighted by Gasteiger charge is -2.08. The zero-order chi connectivity index (χ0) is 15.0. The minimum absolute atomic E-state index is 0.131. The molecule has 0 aliphatic carbocycles. The number of aromatic hydroxyl groups is 1. The maximum absolute atomic E-state index is 10.1. The molecule has 21 heavy (non-hydrogen) atoms. The van der Waals surface area contributed by atoms with E-state index in [4.69, 9.17) is 10.5 Å². The average Bonchev–Trinajstić information content (AvgIpc) is 2.84. The van der Waals surface area contributed by atoms with Crippen LogP contribution < -0.4 is 10.5 Å². The summed E-state index contributed by atoms with van der Waals surface area (Å²) in [5.74, 6) is 1.61. The van der Waals surface area contributed by atoms with Crippen LogP contribution in [0, 0.1) is 0 Å². The number of imidazole rings is 1. The molecular weight excluding hydrogens is 266 g/mol. The standard InChI is InChI=1S/C16H17N3O2/c1-3-19-14-7-5-11(21-2)9-13(14)18-16(19)12-6-4-10(17)8-15(12)20/h4-9,20H,3,17H2,1-2H3. The number of aromatic nitrogens is 2. The maximum atomic E-state index is 10.1. The Morgan fingerprint density at radius 1 is 1.24 bits per heavy atom. The average molecular weight is 283 g/mol. The molecule has 3 rings (SSSR count). The zero-order valence-electron chi connectivity index (χ0n) is 12.0. The summed E-state index contributed by atoms with van der Waals surface area (Å²) in [6.45, 7) is 2.80. The second kappa shape index (κ2) is 5.01. The van der Waals surface area contributed by atoms with Crippen LogP contribution in [0.3, 0.4) is 0 Å². The van der Waals surface area contributed by atoms with Gasteiger partial charge in [0.15, 0.2) is 0 Å². The first kappa shape index (κ1) is 13.3. The van der Waals surface area contributed by atoms with Gasteiger partial charge in [-0.2, -0.15) is 0 Å². The molecule has 2 aromatic carbocycles. The Hall–Kier alpha value is -2.69. The lowest BCUT2D eigenvalue weighted by molar-refractivity contribution is 0.415. The number of aryl methyl sites for hydroxylation is 1. The molecule has 0 bridgehead atoms. The third-order valence-corrected chi connectivity index (χ3v) is 3.53. The molecular formula is C16H17N3O2. The summed E-state index contributed by atoms with van der Waals surface area (Å²) in [5.41, 5.74) is 8.72. The normalized spacial score (nSPS) is 11.0. The number of rotatable bonds is 3. The third kappa shape index (κ3) is 2.16. The van der Waals surface area contributed by atoms with Crippen molar-refractivity contribution < 1.29 is 9.84 Å². The number of phenolic OH excluding ortho intramolecular Hbond substituents is 1. The zero-order valence-corrected chi connectivity index (χ0v) is 12.0.